The number of nitrogens with zero attached hydrogens (tertiary/aromatic N) is 2. The van der Waals surface area contributed by atoms with Crippen LogP contribution in [0.15, 0.2) is 95.4 Å². The number of amides is 1. The Balaban J connectivity index is 1.38. The number of carboxylic acids is 1. The van der Waals surface area contributed by atoms with Gasteiger partial charge in [-0.25, -0.2) is 4.98 Å². The summed E-state index contributed by atoms with van der Waals surface area (Å²) in [6.07, 6.45) is 3.14. The highest BCUT2D eigenvalue weighted by Crippen LogP contribution is 2.38. The molecule has 0 radical (unpaired) electrons. The number of rotatable bonds is 13. The summed E-state index contributed by atoms with van der Waals surface area (Å²) in [6, 6.07) is 25.8. The quantitative estimate of drug-likeness (QED) is 0.0752. The van der Waals surface area contributed by atoms with Crippen LogP contribution in [-0.2, 0) is 30.5 Å². The Labute approximate surface area is 300 Å². The summed E-state index contributed by atoms with van der Waals surface area (Å²) < 4.78 is 22.5. The Morgan fingerprint density at radius 3 is 2.40 bits per heavy atom. The predicted molar refractivity (Wildman–Crippen MR) is 194 cm³/mol. The van der Waals surface area contributed by atoms with Crippen molar-refractivity contribution in [3.63, 3.8) is 0 Å². The molecule has 0 saturated carbocycles. The molecule has 0 spiro atoms. The van der Waals surface area contributed by atoms with E-state index in [1.807, 2.05) is 91.9 Å². The van der Waals surface area contributed by atoms with Crippen molar-refractivity contribution in [3.8, 4) is 11.5 Å². The average molecular weight is 705 g/mol. The molecule has 3 atom stereocenters. The van der Waals surface area contributed by atoms with Crippen LogP contribution in [0.3, 0.4) is 0 Å². The SMILES string of the molecule is C[C@H]([C@H](CC=Cc1nc2ccccc2o1)c1ccc2c(c1)OCO2)N(Cc1ccc2ccccc2c1)C(=O)C(=O)C(CC(=O)O)C(=O)OC(C)(C)C. The minimum Gasteiger partial charge on any atom is -0.481 e. The van der Waals surface area contributed by atoms with Gasteiger partial charge in [0.1, 0.15) is 17.0 Å². The molecule has 5 aromatic rings. The fourth-order valence-corrected chi connectivity index (χ4v) is 6.31. The topological polar surface area (TPSA) is 145 Å². The van der Waals surface area contributed by atoms with Crippen molar-refractivity contribution in [2.24, 2.45) is 5.92 Å². The van der Waals surface area contributed by atoms with Crippen molar-refractivity contribution < 1.29 is 42.9 Å². The highest BCUT2D eigenvalue weighted by molar-refractivity contribution is 6.40. The lowest BCUT2D eigenvalue weighted by Gasteiger charge is -2.35. The number of oxazole rings is 1. The van der Waals surface area contributed by atoms with Crippen LogP contribution in [0.25, 0.3) is 27.9 Å². The fraction of sp³-hybridized carbons (Fsp3) is 0.293. The van der Waals surface area contributed by atoms with E-state index >= 15 is 0 Å². The number of hydrogen-bond acceptors (Lipinski definition) is 9. The van der Waals surface area contributed by atoms with Gasteiger partial charge < -0.3 is 28.6 Å². The first-order valence-electron chi connectivity index (χ1n) is 17.0. The zero-order chi connectivity index (χ0) is 37.0. The van der Waals surface area contributed by atoms with E-state index in [1.165, 1.54) is 4.90 Å². The maximum absolute atomic E-state index is 14.5. The molecular weight excluding hydrogens is 664 g/mol. The Bertz CT molecular complexity index is 2130. The van der Waals surface area contributed by atoms with Gasteiger partial charge in [-0.1, -0.05) is 60.7 Å². The molecule has 11 heteroatoms. The van der Waals surface area contributed by atoms with E-state index in [9.17, 15) is 24.3 Å². The number of carbonyl (C=O) groups excluding carboxylic acids is 3. The third-order valence-corrected chi connectivity index (χ3v) is 8.88. The van der Waals surface area contributed by atoms with Crippen LogP contribution in [-0.4, -0.2) is 57.1 Å². The summed E-state index contributed by atoms with van der Waals surface area (Å²) >= 11 is 0. The van der Waals surface area contributed by atoms with Gasteiger partial charge in [0.05, 0.1) is 6.42 Å². The van der Waals surface area contributed by atoms with E-state index in [0.717, 1.165) is 27.4 Å². The number of carbonyl (C=O) groups is 4. The minimum absolute atomic E-state index is 0.000575. The van der Waals surface area contributed by atoms with E-state index in [-0.39, 0.29) is 13.3 Å². The summed E-state index contributed by atoms with van der Waals surface area (Å²) in [5, 5.41) is 11.6. The molecule has 1 unspecified atom stereocenters. The molecular formula is C41H40N2O9. The Hall–Kier alpha value is -5.97. The summed E-state index contributed by atoms with van der Waals surface area (Å²) in [7, 11) is 0. The van der Waals surface area contributed by atoms with Gasteiger partial charge in [0.15, 0.2) is 17.1 Å². The van der Waals surface area contributed by atoms with Gasteiger partial charge in [-0.3, -0.25) is 19.2 Å². The normalized spacial score (nSPS) is 14.3. The fourth-order valence-electron chi connectivity index (χ4n) is 6.31. The Morgan fingerprint density at radius 2 is 1.65 bits per heavy atom. The maximum atomic E-state index is 14.5. The third kappa shape index (κ3) is 8.31. The van der Waals surface area contributed by atoms with E-state index < -0.39 is 53.5 Å². The van der Waals surface area contributed by atoms with E-state index in [4.69, 9.17) is 18.6 Å². The Kier molecular flexibility index (Phi) is 10.4. The lowest BCUT2D eigenvalue weighted by Crippen LogP contribution is -2.48. The number of carboxylic acid groups (broad SMARTS) is 1. The molecule has 1 N–H and O–H groups in total. The molecule has 4 aromatic carbocycles. The second kappa shape index (κ2) is 15.1. The van der Waals surface area contributed by atoms with Gasteiger partial charge in [0, 0.05) is 18.5 Å². The molecule has 1 aliphatic heterocycles. The lowest BCUT2D eigenvalue weighted by molar-refractivity contribution is -0.168. The molecule has 0 bridgehead atoms. The first kappa shape index (κ1) is 35.8. The molecule has 2 heterocycles. The van der Waals surface area contributed by atoms with Crippen LogP contribution in [0.4, 0.5) is 0 Å². The highest BCUT2D eigenvalue weighted by atomic mass is 16.7. The molecule has 52 heavy (non-hydrogen) atoms. The number of ether oxygens (including phenoxy) is 3. The predicted octanol–water partition coefficient (Wildman–Crippen LogP) is 7.32. The monoisotopic (exact) mass is 704 g/mol. The number of hydrogen-bond donors (Lipinski definition) is 1. The molecule has 1 aromatic heterocycles. The second-order valence-corrected chi connectivity index (χ2v) is 13.8. The standard InChI is InChI=1S/C41H40N2O9/c1-25(30(29-18-19-34-35(21-29)50-24-49-34)12-9-15-36-42-32-13-7-8-14-33(32)51-36)43(23-26-16-17-27-10-5-6-11-28(27)20-26)39(47)38(46)31(22-37(44)45)40(48)52-41(2,3)4/h5-11,13-21,25,30-31H,12,22-24H2,1-4H3,(H,44,45)/t25-,30+,31?/m1/s1. The zero-order valence-corrected chi connectivity index (χ0v) is 29.4. The number of esters is 1. The zero-order valence-electron chi connectivity index (χ0n) is 29.4. The van der Waals surface area contributed by atoms with Crippen LogP contribution in [0.1, 0.15) is 63.5 Å². The van der Waals surface area contributed by atoms with Crippen LogP contribution in [0.5, 0.6) is 11.5 Å². The smallest absolute Gasteiger partial charge is 0.318 e. The summed E-state index contributed by atoms with van der Waals surface area (Å²) in [5.74, 6) is -5.34. The molecule has 0 aliphatic carbocycles. The summed E-state index contributed by atoms with van der Waals surface area (Å²) in [5.41, 5.74) is 1.90. The van der Waals surface area contributed by atoms with Crippen molar-refractivity contribution in [2.75, 3.05) is 6.79 Å². The van der Waals surface area contributed by atoms with Crippen LogP contribution in [0, 0.1) is 5.92 Å². The molecule has 11 nitrogen and oxygen atoms in total. The van der Waals surface area contributed by atoms with Gasteiger partial charge in [-0.2, -0.15) is 0 Å². The molecule has 6 rings (SSSR count). The Morgan fingerprint density at radius 1 is 0.923 bits per heavy atom. The number of benzene rings is 4. The summed E-state index contributed by atoms with van der Waals surface area (Å²) in [6.45, 7) is 6.72. The van der Waals surface area contributed by atoms with Crippen LogP contribution in [0.2, 0.25) is 0 Å². The van der Waals surface area contributed by atoms with E-state index in [1.54, 1.807) is 32.9 Å². The second-order valence-electron chi connectivity index (χ2n) is 13.8. The average Bonchev–Trinajstić information content (AvgIpc) is 3.76. The van der Waals surface area contributed by atoms with Gasteiger partial charge in [0.2, 0.25) is 18.5 Å². The number of Topliss-reactive ketones (excluding diaryl/α,β-unsaturated/α-hetero) is 1. The van der Waals surface area contributed by atoms with Crippen molar-refractivity contribution in [1.82, 2.24) is 9.88 Å². The molecule has 268 valence electrons. The first-order chi connectivity index (χ1) is 24.9. The number of aromatic nitrogens is 1. The number of allylic oxidation sites excluding steroid dienone is 1. The number of aliphatic carboxylic acids is 1. The molecule has 0 saturated heterocycles. The molecule has 0 fully saturated rings. The van der Waals surface area contributed by atoms with Crippen LogP contribution < -0.4 is 9.47 Å². The number of para-hydroxylation sites is 2. The highest BCUT2D eigenvalue weighted by Gasteiger charge is 2.41. The van der Waals surface area contributed by atoms with Gasteiger partial charge in [0.25, 0.3) is 5.91 Å². The van der Waals surface area contributed by atoms with Crippen LogP contribution >= 0.6 is 0 Å². The number of fused-ring (bicyclic) bond motifs is 3. The van der Waals surface area contributed by atoms with Crippen molar-refractivity contribution >= 4 is 51.6 Å². The van der Waals surface area contributed by atoms with Gasteiger partial charge in [-0.15, -0.1) is 0 Å². The maximum Gasteiger partial charge on any atom is 0.318 e. The van der Waals surface area contributed by atoms with E-state index in [2.05, 4.69) is 4.98 Å². The van der Waals surface area contributed by atoms with Crippen molar-refractivity contribution in [1.29, 1.82) is 0 Å². The van der Waals surface area contributed by atoms with E-state index in [0.29, 0.717) is 29.4 Å². The van der Waals surface area contributed by atoms with Gasteiger partial charge in [-0.05, 0) is 92.4 Å². The van der Waals surface area contributed by atoms with Gasteiger partial charge >= 0.3 is 11.9 Å². The third-order valence-electron chi connectivity index (χ3n) is 8.88. The van der Waals surface area contributed by atoms with Crippen molar-refractivity contribution in [2.45, 2.75) is 64.6 Å². The minimum atomic E-state index is -1.83. The summed E-state index contributed by atoms with van der Waals surface area (Å²) in [4.78, 5) is 59.5. The largest absolute Gasteiger partial charge is 0.481 e. The number of ketones is 1. The molecule has 1 amide bonds. The van der Waals surface area contributed by atoms with Crippen molar-refractivity contribution in [3.05, 3.63) is 108 Å². The first-order valence-corrected chi connectivity index (χ1v) is 17.0. The lowest BCUT2D eigenvalue weighted by atomic mass is 9.87. The molecule has 1 aliphatic rings.